The van der Waals surface area contributed by atoms with Gasteiger partial charge >= 0.3 is 6.03 Å². The van der Waals surface area contributed by atoms with Crippen LogP contribution in [-0.4, -0.2) is 55.2 Å². The molecule has 0 spiro atoms. The van der Waals surface area contributed by atoms with E-state index in [0.717, 1.165) is 44.5 Å². The van der Waals surface area contributed by atoms with Crippen molar-refractivity contribution in [3.63, 3.8) is 0 Å². The molecule has 0 aliphatic carbocycles. The van der Waals surface area contributed by atoms with Crippen molar-refractivity contribution in [3.05, 3.63) is 69.7 Å². The van der Waals surface area contributed by atoms with E-state index in [9.17, 15) is 4.79 Å². The Hall–Kier alpha value is -1.79. The van der Waals surface area contributed by atoms with Gasteiger partial charge in [0.2, 0.25) is 0 Å². The molecule has 0 saturated carbocycles. The van der Waals surface area contributed by atoms with E-state index < -0.39 is 0 Å². The van der Waals surface area contributed by atoms with Crippen molar-refractivity contribution in [2.75, 3.05) is 33.4 Å². The fourth-order valence-corrected chi connectivity index (χ4v) is 4.31. The molecule has 0 radical (unpaired) electrons. The summed E-state index contributed by atoms with van der Waals surface area (Å²) in [6, 6.07) is 16.2. The third-order valence-electron chi connectivity index (χ3n) is 5.68. The number of methoxy groups -OCH3 is 1. The Kier molecular flexibility index (Phi) is 9.47. The molecule has 5 nitrogen and oxygen atoms in total. The Labute approximate surface area is 195 Å². The van der Waals surface area contributed by atoms with Gasteiger partial charge in [0.15, 0.2) is 0 Å². The van der Waals surface area contributed by atoms with Crippen LogP contribution in [0.2, 0.25) is 10.0 Å². The molecule has 1 N–H and O–H groups in total. The number of rotatable bonds is 9. The second-order valence-corrected chi connectivity index (χ2v) is 8.75. The lowest BCUT2D eigenvalue weighted by molar-refractivity contribution is 0.107. The average Bonchev–Trinajstić information content (AvgIpc) is 2.79. The minimum atomic E-state index is -0.0383. The van der Waals surface area contributed by atoms with E-state index in [1.807, 2.05) is 17.0 Å². The number of urea groups is 1. The number of nitrogens with one attached hydrogen (secondary N) is 1. The molecule has 3 rings (SSSR count). The number of halogens is 2. The van der Waals surface area contributed by atoms with Gasteiger partial charge in [0.05, 0.1) is 10.0 Å². The minimum Gasteiger partial charge on any atom is -0.385 e. The van der Waals surface area contributed by atoms with Crippen molar-refractivity contribution in [1.82, 2.24) is 15.1 Å². The molecular formula is C24H31Cl2N3O2. The van der Waals surface area contributed by atoms with Crippen LogP contribution < -0.4 is 5.32 Å². The molecule has 0 unspecified atom stereocenters. The van der Waals surface area contributed by atoms with Crippen molar-refractivity contribution >= 4 is 29.2 Å². The molecule has 2 aromatic carbocycles. The van der Waals surface area contributed by atoms with Crippen molar-refractivity contribution in [2.24, 2.45) is 0 Å². The molecule has 1 heterocycles. The van der Waals surface area contributed by atoms with Gasteiger partial charge in [-0.2, -0.15) is 0 Å². The molecule has 1 saturated heterocycles. The summed E-state index contributed by atoms with van der Waals surface area (Å²) in [4.78, 5) is 17.5. The van der Waals surface area contributed by atoms with Crippen LogP contribution in [0, 0.1) is 0 Å². The summed E-state index contributed by atoms with van der Waals surface area (Å²) in [5, 5.41) is 4.06. The fourth-order valence-electron chi connectivity index (χ4n) is 3.99. The maximum absolute atomic E-state index is 13.0. The third kappa shape index (κ3) is 7.39. The Bertz CT molecular complexity index is 827. The van der Waals surface area contributed by atoms with E-state index in [1.54, 1.807) is 19.2 Å². The van der Waals surface area contributed by atoms with Crippen LogP contribution in [0.4, 0.5) is 4.79 Å². The van der Waals surface area contributed by atoms with Gasteiger partial charge in [-0.3, -0.25) is 4.90 Å². The van der Waals surface area contributed by atoms with Crippen LogP contribution in [0.15, 0.2) is 48.5 Å². The number of hydrogen-bond donors (Lipinski definition) is 1. The Morgan fingerprint density at radius 3 is 2.52 bits per heavy atom. The molecule has 31 heavy (non-hydrogen) atoms. The molecule has 0 atom stereocenters. The highest BCUT2D eigenvalue weighted by Gasteiger charge is 2.27. The van der Waals surface area contributed by atoms with E-state index in [0.29, 0.717) is 29.7 Å². The standard InChI is InChI=1S/C24H31Cl2N3O2/c1-31-15-5-12-29(24(30)27-17-20-8-9-22(25)23(26)16-20)21-10-13-28(14-11-21)18-19-6-3-2-4-7-19/h2-4,6-9,16,21H,5,10-15,17-18H2,1H3,(H,27,30). The van der Waals surface area contributed by atoms with Crippen molar-refractivity contribution < 1.29 is 9.53 Å². The number of amides is 2. The first kappa shape index (κ1) is 23.9. The number of carbonyl (C=O) groups is 1. The SMILES string of the molecule is COCCCN(C(=O)NCc1ccc(Cl)c(Cl)c1)C1CCN(Cc2ccccc2)CC1. The van der Waals surface area contributed by atoms with E-state index in [4.69, 9.17) is 27.9 Å². The van der Waals surface area contributed by atoms with Crippen LogP contribution in [0.25, 0.3) is 0 Å². The number of likely N-dealkylation sites (tertiary alicyclic amines) is 1. The van der Waals surface area contributed by atoms with Crippen LogP contribution in [0.1, 0.15) is 30.4 Å². The monoisotopic (exact) mass is 463 g/mol. The zero-order valence-corrected chi connectivity index (χ0v) is 19.5. The lowest BCUT2D eigenvalue weighted by Gasteiger charge is -2.38. The van der Waals surface area contributed by atoms with Crippen molar-refractivity contribution in [2.45, 2.75) is 38.4 Å². The fraction of sp³-hybridized carbons (Fsp3) is 0.458. The van der Waals surface area contributed by atoms with Gasteiger partial charge in [-0.1, -0.05) is 59.6 Å². The van der Waals surface area contributed by atoms with Crippen LogP contribution in [0.3, 0.4) is 0 Å². The maximum Gasteiger partial charge on any atom is 0.317 e. The number of carbonyl (C=O) groups excluding carboxylic acids is 1. The molecule has 2 aromatic rings. The smallest absolute Gasteiger partial charge is 0.317 e. The highest BCUT2D eigenvalue weighted by molar-refractivity contribution is 6.42. The normalized spacial score (nSPS) is 15.1. The van der Waals surface area contributed by atoms with Crippen LogP contribution in [-0.2, 0) is 17.8 Å². The quantitative estimate of drug-likeness (QED) is 0.519. The summed E-state index contributed by atoms with van der Waals surface area (Å²) in [6.45, 7) is 4.68. The van der Waals surface area contributed by atoms with Gasteiger partial charge in [0.1, 0.15) is 0 Å². The number of nitrogens with zero attached hydrogens (tertiary/aromatic N) is 2. The summed E-state index contributed by atoms with van der Waals surface area (Å²) in [5.74, 6) is 0. The second kappa shape index (κ2) is 12.3. The van der Waals surface area contributed by atoms with Crippen LogP contribution in [0.5, 0.6) is 0 Å². The minimum absolute atomic E-state index is 0.0383. The topological polar surface area (TPSA) is 44.8 Å². The maximum atomic E-state index is 13.0. The summed E-state index contributed by atoms with van der Waals surface area (Å²) in [5.41, 5.74) is 2.26. The molecule has 1 fully saturated rings. The molecule has 7 heteroatoms. The Morgan fingerprint density at radius 1 is 1.10 bits per heavy atom. The average molecular weight is 464 g/mol. The highest BCUT2D eigenvalue weighted by Crippen LogP contribution is 2.23. The predicted molar refractivity (Wildman–Crippen MR) is 127 cm³/mol. The number of hydrogen-bond acceptors (Lipinski definition) is 3. The molecule has 168 valence electrons. The summed E-state index contributed by atoms with van der Waals surface area (Å²) >= 11 is 12.1. The summed E-state index contributed by atoms with van der Waals surface area (Å²) < 4.78 is 5.20. The zero-order chi connectivity index (χ0) is 22.1. The molecule has 1 aliphatic rings. The lowest BCUT2D eigenvalue weighted by Crippen LogP contribution is -2.51. The van der Waals surface area contributed by atoms with Gasteiger partial charge in [0.25, 0.3) is 0 Å². The summed E-state index contributed by atoms with van der Waals surface area (Å²) in [7, 11) is 1.69. The van der Waals surface area contributed by atoms with Gasteiger partial charge in [-0.25, -0.2) is 4.79 Å². The second-order valence-electron chi connectivity index (χ2n) is 7.94. The van der Waals surface area contributed by atoms with E-state index >= 15 is 0 Å². The van der Waals surface area contributed by atoms with Crippen molar-refractivity contribution in [1.29, 1.82) is 0 Å². The van der Waals surface area contributed by atoms with E-state index in [-0.39, 0.29) is 12.1 Å². The number of ether oxygens (including phenoxy) is 1. The van der Waals surface area contributed by atoms with Crippen LogP contribution >= 0.6 is 23.2 Å². The first-order valence-corrected chi connectivity index (χ1v) is 11.6. The Balaban J connectivity index is 1.55. The molecule has 2 amide bonds. The van der Waals surface area contributed by atoms with Gasteiger partial charge in [0, 0.05) is 52.5 Å². The first-order chi connectivity index (χ1) is 15.1. The van der Waals surface area contributed by atoms with Gasteiger partial charge in [-0.15, -0.1) is 0 Å². The van der Waals surface area contributed by atoms with E-state index in [1.165, 1.54) is 5.56 Å². The lowest BCUT2D eigenvalue weighted by atomic mass is 10.0. The first-order valence-electron chi connectivity index (χ1n) is 10.8. The largest absolute Gasteiger partial charge is 0.385 e. The predicted octanol–water partition coefficient (Wildman–Crippen LogP) is 5.21. The molecule has 0 aromatic heterocycles. The molecule has 0 bridgehead atoms. The third-order valence-corrected chi connectivity index (χ3v) is 6.42. The highest BCUT2D eigenvalue weighted by atomic mass is 35.5. The van der Waals surface area contributed by atoms with Gasteiger partial charge in [-0.05, 0) is 42.5 Å². The number of benzene rings is 2. The number of piperidine rings is 1. The molecular weight excluding hydrogens is 433 g/mol. The summed E-state index contributed by atoms with van der Waals surface area (Å²) in [6.07, 6.45) is 2.76. The van der Waals surface area contributed by atoms with E-state index in [2.05, 4.69) is 34.5 Å². The Morgan fingerprint density at radius 2 is 1.84 bits per heavy atom. The zero-order valence-electron chi connectivity index (χ0n) is 18.0. The van der Waals surface area contributed by atoms with Gasteiger partial charge < -0.3 is 15.0 Å². The van der Waals surface area contributed by atoms with Crippen molar-refractivity contribution in [3.8, 4) is 0 Å². The molecule has 1 aliphatic heterocycles.